The van der Waals surface area contributed by atoms with Crippen LogP contribution in [0.15, 0.2) is 73.2 Å². The highest BCUT2D eigenvalue weighted by Gasteiger charge is 2.14. The first kappa shape index (κ1) is 26.1. The second-order valence-corrected chi connectivity index (χ2v) is 9.39. The molecule has 0 fully saturated rings. The van der Waals surface area contributed by atoms with Crippen molar-refractivity contribution in [1.82, 2.24) is 14.9 Å². The van der Waals surface area contributed by atoms with E-state index in [1.54, 1.807) is 0 Å². The SMILES string of the molecule is CCCCCNC(=O)Nc1c(OCCCn2cnc(-c3ccc4ccccc4c3)c2)cccc1N(C)C. The Labute approximate surface area is 219 Å². The number of para-hydroxylation sites is 1. The summed E-state index contributed by atoms with van der Waals surface area (Å²) in [5.74, 6) is 0.664. The van der Waals surface area contributed by atoms with E-state index in [0.717, 1.165) is 49.2 Å². The van der Waals surface area contributed by atoms with Crippen LogP contribution in [0.25, 0.3) is 22.0 Å². The van der Waals surface area contributed by atoms with Crippen LogP contribution in [0, 0.1) is 0 Å². The van der Waals surface area contributed by atoms with Gasteiger partial charge in [0.15, 0.2) is 0 Å². The number of aryl methyl sites for hydroxylation is 1. The molecule has 37 heavy (non-hydrogen) atoms. The molecule has 1 aromatic heterocycles. The minimum atomic E-state index is -0.213. The molecule has 0 saturated heterocycles. The van der Waals surface area contributed by atoms with Crippen LogP contribution in [-0.4, -0.2) is 42.8 Å². The van der Waals surface area contributed by atoms with Crippen LogP contribution in [0.1, 0.15) is 32.6 Å². The van der Waals surface area contributed by atoms with Crippen LogP contribution in [0.3, 0.4) is 0 Å². The summed E-state index contributed by atoms with van der Waals surface area (Å²) in [7, 11) is 3.91. The average Bonchev–Trinajstić information content (AvgIpc) is 3.38. The van der Waals surface area contributed by atoms with Crippen molar-refractivity contribution < 1.29 is 9.53 Å². The number of carbonyl (C=O) groups excluding carboxylic acids is 1. The van der Waals surface area contributed by atoms with Crippen molar-refractivity contribution in [2.24, 2.45) is 0 Å². The largest absolute Gasteiger partial charge is 0.491 e. The molecule has 2 amide bonds. The van der Waals surface area contributed by atoms with Crippen LogP contribution in [-0.2, 0) is 6.54 Å². The number of unbranched alkanes of at least 4 members (excludes halogenated alkanes) is 2. The van der Waals surface area contributed by atoms with Crippen molar-refractivity contribution in [3.63, 3.8) is 0 Å². The summed E-state index contributed by atoms with van der Waals surface area (Å²) >= 11 is 0. The van der Waals surface area contributed by atoms with Crippen molar-refractivity contribution in [2.45, 2.75) is 39.2 Å². The fourth-order valence-electron chi connectivity index (χ4n) is 4.28. The minimum Gasteiger partial charge on any atom is -0.491 e. The molecule has 0 aliphatic heterocycles. The molecule has 2 N–H and O–H groups in total. The van der Waals surface area contributed by atoms with Crippen molar-refractivity contribution in [3.8, 4) is 17.0 Å². The average molecular weight is 500 g/mol. The first-order valence-electron chi connectivity index (χ1n) is 13.0. The summed E-state index contributed by atoms with van der Waals surface area (Å²) in [5, 5.41) is 8.37. The molecule has 0 atom stereocenters. The molecule has 3 aromatic carbocycles. The quantitative estimate of drug-likeness (QED) is 0.217. The van der Waals surface area contributed by atoms with E-state index >= 15 is 0 Å². The normalized spacial score (nSPS) is 10.9. The van der Waals surface area contributed by atoms with Gasteiger partial charge < -0.3 is 24.8 Å². The Hall–Kier alpha value is -4.00. The first-order valence-corrected chi connectivity index (χ1v) is 13.0. The molecule has 0 bridgehead atoms. The number of amides is 2. The van der Waals surface area contributed by atoms with Gasteiger partial charge in [-0.3, -0.25) is 0 Å². The third kappa shape index (κ3) is 7.03. The maximum atomic E-state index is 12.5. The van der Waals surface area contributed by atoms with E-state index in [0.29, 0.717) is 24.6 Å². The number of aromatic nitrogens is 2. The van der Waals surface area contributed by atoms with Crippen molar-refractivity contribution >= 4 is 28.2 Å². The summed E-state index contributed by atoms with van der Waals surface area (Å²) in [6.07, 6.45) is 7.94. The van der Waals surface area contributed by atoms with Gasteiger partial charge >= 0.3 is 6.03 Å². The lowest BCUT2D eigenvalue weighted by Gasteiger charge is -2.21. The monoisotopic (exact) mass is 499 g/mol. The molecule has 0 radical (unpaired) electrons. The number of ether oxygens (including phenoxy) is 1. The number of urea groups is 1. The predicted molar refractivity (Wildman–Crippen MR) is 153 cm³/mol. The minimum absolute atomic E-state index is 0.213. The zero-order chi connectivity index (χ0) is 26.0. The Morgan fingerprint density at radius 3 is 2.65 bits per heavy atom. The van der Waals surface area contributed by atoms with E-state index < -0.39 is 0 Å². The maximum Gasteiger partial charge on any atom is 0.319 e. The van der Waals surface area contributed by atoms with E-state index in [9.17, 15) is 4.79 Å². The molecule has 4 rings (SSSR count). The lowest BCUT2D eigenvalue weighted by atomic mass is 10.1. The second-order valence-electron chi connectivity index (χ2n) is 9.39. The standard InChI is InChI=1S/C30H37N5O2/c1-4-5-8-17-31-30(36)33-29-27(34(2)3)13-9-14-28(29)37-19-10-18-35-21-26(32-22-35)25-16-15-23-11-6-7-12-24(23)20-25/h6-7,9,11-16,20-22H,4-5,8,10,17-19H2,1-3H3,(H2,31,33,36). The number of rotatable bonds is 12. The summed E-state index contributed by atoms with van der Waals surface area (Å²) in [6.45, 7) is 4.11. The van der Waals surface area contributed by atoms with Crippen LogP contribution in [0.5, 0.6) is 5.75 Å². The fraction of sp³-hybridized carbons (Fsp3) is 0.333. The van der Waals surface area contributed by atoms with Crippen molar-refractivity contribution in [3.05, 3.63) is 73.2 Å². The molecule has 7 heteroatoms. The van der Waals surface area contributed by atoms with Gasteiger partial charge in [-0.15, -0.1) is 0 Å². The fourth-order valence-corrected chi connectivity index (χ4v) is 4.28. The molecule has 0 unspecified atom stereocenters. The Balaban J connectivity index is 1.34. The molecule has 0 spiro atoms. The third-order valence-corrected chi connectivity index (χ3v) is 6.29. The Kier molecular flexibility index (Phi) is 9.03. The molecule has 0 saturated carbocycles. The van der Waals surface area contributed by atoms with E-state index in [2.05, 4.69) is 75.8 Å². The number of carbonyl (C=O) groups is 1. The number of nitrogens with zero attached hydrogens (tertiary/aromatic N) is 3. The highest BCUT2D eigenvalue weighted by Crippen LogP contribution is 2.34. The van der Waals surface area contributed by atoms with Gasteiger partial charge in [0.05, 0.1) is 24.3 Å². The van der Waals surface area contributed by atoms with Gasteiger partial charge in [-0.05, 0) is 41.8 Å². The highest BCUT2D eigenvalue weighted by molar-refractivity contribution is 5.95. The Morgan fingerprint density at radius 1 is 1.00 bits per heavy atom. The van der Waals surface area contributed by atoms with E-state index in [1.807, 2.05) is 43.5 Å². The number of imidazole rings is 1. The number of hydrogen-bond acceptors (Lipinski definition) is 4. The number of hydrogen-bond donors (Lipinski definition) is 2. The highest BCUT2D eigenvalue weighted by atomic mass is 16.5. The van der Waals surface area contributed by atoms with Gasteiger partial charge in [-0.25, -0.2) is 9.78 Å². The maximum absolute atomic E-state index is 12.5. The molecule has 7 nitrogen and oxygen atoms in total. The number of anilines is 2. The molecule has 1 heterocycles. The molecule has 0 aliphatic carbocycles. The molecule has 194 valence electrons. The number of fused-ring (bicyclic) bond motifs is 1. The van der Waals surface area contributed by atoms with Crippen LogP contribution in [0.2, 0.25) is 0 Å². The van der Waals surface area contributed by atoms with Gasteiger partial charge in [-0.1, -0.05) is 62.2 Å². The second kappa shape index (κ2) is 12.8. The van der Waals surface area contributed by atoms with E-state index in [4.69, 9.17) is 4.74 Å². The number of nitrogens with one attached hydrogen (secondary N) is 2. The molecule has 4 aromatic rings. The molecular formula is C30H37N5O2. The van der Waals surface area contributed by atoms with Gasteiger partial charge in [0.1, 0.15) is 11.4 Å². The van der Waals surface area contributed by atoms with Crippen molar-refractivity contribution in [1.29, 1.82) is 0 Å². The molecular weight excluding hydrogens is 462 g/mol. The van der Waals surface area contributed by atoms with Crippen LogP contribution >= 0.6 is 0 Å². The van der Waals surface area contributed by atoms with Crippen molar-refractivity contribution in [2.75, 3.05) is 37.5 Å². The third-order valence-electron chi connectivity index (χ3n) is 6.29. The smallest absolute Gasteiger partial charge is 0.319 e. The topological polar surface area (TPSA) is 71.4 Å². The van der Waals surface area contributed by atoms with Crippen LogP contribution < -0.4 is 20.3 Å². The van der Waals surface area contributed by atoms with E-state index in [-0.39, 0.29) is 6.03 Å². The van der Waals surface area contributed by atoms with Gasteiger partial charge in [0.25, 0.3) is 0 Å². The van der Waals surface area contributed by atoms with Crippen LogP contribution in [0.4, 0.5) is 16.2 Å². The lowest BCUT2D eigenvalue weighted by molar-refractivity contribution is 0.251. The van der Waals surface area contributed by atoms with E-state index in [1.165, 1.54) is 10.8 Å². The Bertz CT molecular complexity index is 1310. The summed E-state index contributed by atoms with van der Waals surface area (Å²) in [5.41, 5.74) is 3.65. The first-order chi connectivity index (χ1) is 18.0. The molecule has 0 aliphatic rings. The Morgan fingerprint density at radius 2 is 1.84 bits per heavy atom. The predicted octanol–water partition coefficient (Wildman–Crippen LogP) is 6.55. The number of benzene rings is 3. The zero-order valence-electron chi connectivity index (χ0n) is 22.0. The van der Waals surface area contributed by atoms with Gasteiger partial charge in [0.2, 0.25) is 0 Å². The van der Waals surface area contributed by atoms with Gasteiger partial charge in [0, 0.05) is 38.9 Å². The summed E-state index contributed by atoms with van der Waals surface area (Å²) in [4.78, 5) is 19.1. The van der Waals surface area contributed by atoms with Gasteiger partial charge in [-0.2, -0.15) is 0 Å². The zero-order valence-corrected chi connectivity index (χ0v) is 22.0. The summed E-state index contributed by atoms with van der Waals surface area (Å²) in [6, 6.07) is 20.4. The summed E-state index contributed by atoms with van der Waals surface area (Å²) < 4.78 is 8.22. The lowest BCUT2D eigenvalue weighted by Crippen LogP contribution is -2.30.